The fourth-order valence-corrected chi connectivity index (χ4v) is 2.41. The monoisotopic (exact) mass is 314 g/mol. The molecule has 1 fully saturated rings. The molecule has 0 aliphatic carbocycles. The van der Waals surface area contributed by atoms with Crippen molar-refractivity contribution in [3.63, 3.8) is 0 Å². The minimum atomic E-state index is -0.207. The van der Waals surface area contributed by atoms with Crippen LogP contribution in [0.3, 0.4) is 0 Å². The van der Waals surface area contributed by atoms with E-state index in [9.17, 15) is 4.79 Å². The van der Waals surface area contributed by atoms with E-state index in [0.717, 1.165) is 12.1 Å². The zero-order valence-electron chi connectivity index (χ0n) is 12.6. The van der Waals surface area contributed by atoms with Crippen molar-refractivity contribution in [3.8, 4) is 0 Å². The first-order valence-electron chi connectivity index (χ1n) is 7.50. The van der Waals surface area contributed by atoms with E-state index in [-0.39, 0.29) is 18.1 Å². The molecule has 23 heavy (non-hydrogen) atoms. The van der Waals surface area contributed by atoms with Gasteiger partial charge in [-0.1, -0.05) is 6.07 Å². The number of amides is 1. The third kappa shape index (κ3) is 4.30. The van der Waals surface area contributed by atoms with Crippen LogP contribution in [-0.2, 0) is 16.1 Å². The maximum absolute atomic E-state index is 12.2. The molecule has 7 nitrogen and oxygen atoms in total. The molecular formula is C16H18N4O3. The van der Waals surface area contributed by atoms with Crippen molar-refractivity contribution in [3.05, 3.63) is 54.1 Å². The summed E-state index contributed by atoms with van der Waals surface area (Å²) in [4.78, 5) is 16.5. The molecule has 1 saturated heterocycles. The SMILES string of the molecule is O=C(N[C@@H]1COCC[C@H]1OCc1ccccn1)c1ccnnc1. The minimum absolute atomic E-state index is 0.107. The molecular weight excluding hydrogens is 296 g/mol. The number of hydrogen-bond donors (Lipinski definition) is 1. The molecule has 0 saturated carbocycles. The summed E-state index contributed by atoms with van der Waals surface area (Å²) in [6.07, 6.45) is 5.28. The summed E-state index contributed by atoms with van der Waals surface area (Å²) in [5.74, 6) is -0.207. The van der Waals surface area contributed by atoms with Gasteiger partial charge in [0.1, 0.15) is 0 Å². The molecule has 1 aliphatic heterocycles. The summed E-state index contributed by atoms with van der Waals surface area (Å²) in [6.45, 7) is 1.46. The molecule has 1 aliphatic rings. The van der Waals surface area contributed by atoms with Crippen LogP contribution in [0.5, 0.6) is 0 Å². The minimum Gasteiger partial charge on any atom is -0.379 e. The lowest BCUT2D eigenvalue weighted by molar-refractivity contribution is -0.0612. The molecule has 0 spiro atoms. The first kappa shape index (κ1) is 15.5. The standard InChI is InChI=1S/C16H18N4O3/c21-16(12-4-7-18-19-9-12)20-14-11-22-8-5-15(14)23-10-13-3-1-2-6-17-13/h1-4,6-7,9,14-15H,5,8,10-11H2,(H,20,21)/t14-,15-/m1/s1. The zero-order valence-corrected chi connectivity index (χ0v) is 12.6. The Morgan fingerprint density at radius 2 is 2.26 bits per heavy atom. The molecule has 1 N–H and O–H groups in total. The summed E-state index contributed by atoms with van der Waals surface area (Å²) in [5, 5.41) is 10.3. The van der Waals surface area contributed by atoms with Gasteiger partial charge in [0.15, 0.2) is 0 Å². The van der Waals surface area contributed by atoms with E-state index in [1.54, 1.807) is 12.3 Å². The Morgan fingerprint density at radius 1 is 1.30 bits per heavy atom. The number of ether oxygens (including phenoxy) is 2. The fourth-order valence-electron chi connectivity index (χ4n) is 2.41. The predicted molar refractivity (Wildman–Crippen MR) is 81.5 cm³/mol. The van der Waals surface area contributed by atoms with Gasteiger partial charge in [-0.25, -0.2) is 0 Å². The smallest absolute Gasteiger partial charge is 0.253 e. The van der Waals surface area contributed by atoms with Crippen LogP contribution in [0, 0.1) is 0 Å². The number of hydrogen-bond acceptors (Lipinski definition) is 6. The average molecular weight is 314 g/mol. The third-order valence-corrected chi connectivity index (χ3v) is 3.63. The van der Waals surface area contributed by atoms with E-state index in [2.05, 4.69) is 20.5 Å². The van der Waals surface area contributed by atoms with Gasteiger partial charge in [0.05, 0.1) is 49.0 Å². The van der Waals surface area contributed by atoms with E-state index in [1.807, 2.05) is 18.2 Å². The van der Waals surface area contributed by atoms with Crippen LogP contribution in [0.2, 0.25) is 0 Å². The number of rotatable bonds is 5. The van der Waals surface area contributed by atoms with Crippen LogP contribution >= 0.6 is 0 Å². The van der Waals surface area contributed by atoms with Gasteiger partial charge in [-0.2, -0.15) is 10.2 Å². The van der Waals surface area contributed by atoms with E-state index < -0.39 is 0 Å². The van der Waals surface area contributed by atoms with Crippen molar-refractivity contribution in [1.29, 1.82) is 0 Å². The largest absolute Gasteiger partial charge is 0.379 e. The van der Waals surface area contributed by atoms with Crippen LogP contribution in [0.4, 0.5) is 0 Å². The van der Waals surface area contributed by atoms with Crippen LogP contribution in [0.1, 0.15) is 22.5 Å². The Balaban J connectivity index is 1.59. The van der Waals surface area contributed by atoms with E-state index in [4.69, 9.17) is 9.47 Å². The van der Waals surface area contributed by atoms with Crippen LogP contribution in [0.15, 0.2) is 42.9 Å². The number of nitrogens with one attached hydrogen (secondary N) is 1. The lowest BCUT2D eigenvalue weighted by Crippen LogP contribution is -2.50. The Morgan fingerprint density at radius 3 is 3.04 bits per heavy atom. The Hall–Kier alpha value is -2.38. The van der Waals surface area contributed by atoms with Crippen LogP contribution < -0.4 is 5.32 Å². The van der Waals surface area contributed by atoms with Crippen molar-refractivity contribution in [2.45, 2.75) is 25.2 Å². The zero-order chi connectivity index (χ0) is 15.9. The molecule has 3 rings (SSSR count). The molecule has 0 unspecified atom stereocenters. The Bertz CT molecular complexity index is 624. The normalized spacial score (nSPS) is 20.9. The highest BCUT2D eigenvalue weighted by molar-refractivity contribution is 5.93. The molecule has 2 atom stereocenters. The molecule has 0 aromatic carbocycles. The molecule has 3 heterocycles. The second kappa shape index (κ2) is 7.75. The highest BCUT2D eigenvalue weighted by Gasteiger charge is 2.28. The first-order chi connectivity index (χ1) is 11.3. The van der Waals surface area contributed by atoms with Gasteiger partial charge in [0.2, 0.25) is 0 Å². The lowest BCUT2D eigenvalue weighted by Gasteiger charge is -2.32. The summed E-state index contributed by atoms with van der Waals surface area (Å²) in [7, 11) is 0. The number of pyridine rings is 1. The van der Waals surface area contributed by atoms with Gasteiger partial charge in [-0.15, -0.1) is 0 Å². The summed E-state index contributed by atoms with van der Waals surface area (Å²) in [6, 6.07) is 7.12. The number of carbonyl (C=O) groups is 1. The second-order valence-corrected chi connectivity index (χ2v) is 5.25. The predicted octanol–water partition coefficient (Wildman–Crippen LogP) is 0.976. The molecule has 120 valence electrons. The molecule has 2 aromatic rings. The molecule has 0 bridgehead atoms. The van der Waals surface area contributed by atoms with E-state index in [0.29, 0.717) is 25.4 Å². The average Bonchev–Trinajstić information content (AvgIpc) is 2.62. The quantitative estimate of drug-likeness (QED) is 0.885. The maximum atomic E-state index is 12.2. The number of aromatic nitrogens is 3. The van der Waals surface area contributed by atoms with Crippen LogP contribution in [-0.4, -0.2) is 46.4 Å². The molecule has 1 amide bonds. The van der Waals surface area contributed by atoms with Crippen molar-refractivity contribution >= 4 is 5.91 Å². The fraction of sp³-hybridized carbons (Fsp3) is 0.375. The topological polar surface area (TPSA) is 86.2 Å². The maximum Gasteiger partial charge on any atom is 0.253 e. The molecule has 2 aromatic heterocycles. The van der Waals surface area contributed by atoms with Gasteiger partial charge >= 0.3 is 0 Å². The van der Waals surface area contributed by atoms with Crippen molar-refractivity contribution in [2.75, 3.05) is 13.2 Å². The highest BCUT2D eigenvalue weighted by Crippen LogP contribution is 2.14. The lowest BCUT2D eigenvalue weighted by atomic mass is 10.1. The summed E-state index contributed by atoms with van der Waals surface area (Å²) < 4.78 is 11.4. The van der Waals surface area contributed by atoms with Gasteiger partial charge in [-0.3, -0.25) is 9.78 Å². The van der Waals surface area contributed by atoms with Crippen molar-refractivity contribution in [1.82, 2.24) is 20.5 Å². The summed E-state index contributed by atoms with van der Waals surface area (Å²) in [5.41, 5.74) is 1.33. The van der Waals surface area contributed by atoms with Gasteiger partial charge in [0, 0.05) is 12.8 Å². The van der Waals surface area contributed by atoms with Crippen LogP contribution in [0.25, 0.3) is 0 Å². The first-order valence-corrected chi connectivity index (χ1v) is 7.50. The Labute approximate surface area is 134 Å². The van der Waals surface area contributed by atoms with E-state index in [1.165, 1.54) is 12.4 Å². The third-order valence-electron chi connectivity index (χ3n) is 3.63. The van der Waals surface area contributed by atoms with E-state index >= 15 is 0 Å². The second-order valence-electron chi connectivity index (χ2n) is 5.25. The number of carbonyl (C=O) groups excluding carboxylic acids is 1. The van der Waals surface area contributed by atoms with Gasteiger partial charge in [-0.05, 0) is 24.6 Å². The highest BCUT2D eigenvalue weighted by atomic mass is 16.5. The Kier molecular flexibility index (Phi) is 5.23. The summed E-state index contributed by atoms with van der Waals surface area (Å²) >= 11 is 0. The van der Waals surface area contributed by atoms with Gasteiger partial charge in [0.25, 0.3) is 5.91 Å². The number of nitrogens with zero attached hydrogens (tertiary/aromatic N) is 3. The van der Waals surface area contributed by atoms with Crippen molar-refractivity contribution < 1.29 is 14.3 Å². The molecule has 7 heteroatoms. The molecule has 0 radical (unpaired) electrons. The van der Waals surface area contributed by atoms with Crippen molar-refractivity contribution in [2.24, 2.45) is 0 Å². The van der Waals surface area contributed by atoms with Gasteiger partial charge < -0.3 is 14.8 Å².